The smallest absolute Gasteiger partial charge is 0.338 e. The monoisotopic (exact) mass is 393 g/mol. The van der Waals surface area contributed by atoms with Crippen LogP contribution in [-0.2, 0) is 11.0 Å². The van der Waals surface area contributed by atoms with Crippen LogP contribution in [0.15, 0.2) is 30.5 Å². The van der Waals surface area contributed by atoms with Crippen molar-refractivity contribution in [1.29, 1.82) is 0 Å². The quantitative estimate of drug-likeness (QED) is 0.866. The van der Waals surface area contributed by atoms with E-state index in [2.05, 4.69) is 15.3 Å². The molecule has 1 aromatic heterocycles. The number of halogens is 3. The highest BCUT2D eigenvalue weighted by Gasteiger charge is 2.33. The number of alkyl halides is 3. The minimum Gasteiger partial charge on any atom is -0.338 e. The maximum absolute atomic E-state index is 12.8. The Kier molecular flexibility index (Phi) is 5.83. The molecule has 0 spiro atoms. The predicted octanol–water partition coefficient (Wildman–Crippen LogP) is 2.87. The van der Waals surface area contributed by atoms with Gasteiger partial charge in [0.15, 0.2) is 0 Å². The number of hydrogen-bond donors (Lipinski definition) is 1. The zero-order valence-electron chi connectivity index (χ0n) is 15.8. The van der Waals surface area contributed by atoms with Crippen molar-refractivity contribution in [2.45, 2.75) is 20.0 Å². The first kappa shape index (κ1) is 20.1. The first-order valence-electron chi connectivity index (χ1n) is 8.97. The van der Waals surface area contributed by atoms with Gasteiger partial charge in [0.25, 0.3) is 0 Å². The Morgan fingerprint density at radius 1 is 1.14 bits per heavy atom. The van der Waals surface area contributed by atoms with Crippen molar-refractivity contribution >= 4 is 17.5 Å². The van der Waals surface area contributed by atoms with E-state index in [1.807, 2.05) is 36.9 Å². The molecule has 1 N–H and O–H groups in total. The second-order valence-corrected chi connectivity index (χ2v) is 6.80. The molecule has 3 rings (SSSR count). The number of anilines is 2. The Bertz CT molecular complexity index is 848. The number of aromatic nitrogens is 2. The Morgan fingerprint density at radius 2 is 1.86 bits per heavy atom. The van der Waals surface area contributed by atoms with Gasteiger partial charge in [-0.1, -0.05) is 12.1 Å². The number of nitrogens with zero attached hydrogens (tertiary/aromatic N) is 4. The Morgan fingerprint density at radius 3 is 2.54 bits per heavy atom. The number of rotatable bonds is 4. The van der Waals surface area contributed by atoms with Crippen LogP contribution < -0.4 is 10.2 Å². The molecule has 1 saturated heterocycles. The van der Waals surface area contributed by atoms with Gasteiger partial charge in [-0.25, -0.2) is 9.97 Å². The van der Waals surface area contributed by atoms with Gasteiger partial charge in [-0.05, 0) is 37.1 Å². The summed E-state index contributed by atoms with van der Waals surface area (Å²) >= 11 is 0. The summed E-state index contributed by atoms with van der Waals surface area (Å²) in [5, 5.41) is 2.92. The molecule has 0 aliphatic carbocycles. The van der Waals surface area contributed by atoms with Gasteiger partial charge in [-0.15, -0.1) is 0 Å². The van der Waals surface area contributed by atoms with E-state index in [9.17, 15) is 18.0 Å². The van der Waals surface area contributed by atoms with Crippen molar-refractivity contribution in [3.8, 4) is 0 Å². The summed E-state index contributed by atoms with van der Waals surface area (Å²) in [6.07, 6.45) is -3.37. The SMILES string of the molecule is Cc1cccc(NC(=O)CN2CCN(c3nccc(C(F)(F)F)n3)CC2)c1C. The third-order valence-electron chi connectivity index (χ3n) is 4.83. The highest BCUT2D eigenvalue weighted by molar-refractivity contribution is 5.93. The van der Waals surface area contributed by atoms with Gasteiger partial charge in [-0.3, -0.25) is 9.69 Å². The number of piperazine rings is 1. The van der Waals surface area contributed by atoms with Crippen LogP contribution in [0.3, 0.4) is 0 Å². The molecule has 0 bridgehead atoms. The molecule has 9 heteroatoms. The Hall–Kier alpha value is -2.68. The van der Waals surface area contributed by atoms with Gasteiger partial charge in [-0.2, -0.15) is 13.2 Å². The maximum atomic E-state index is 12.8. The van der Waals surface area contributed by atoms with Gasteiger partial charge < -0.3 is 10.2 Å². The summed E-state index contributed by atoms with van der Waals surface area (Å²) in [7, 11) is 0. The fraction of sp³-hybridized carbons (Fsp3) is 0.421. The van der Waals surface area contributed by atoms with Gasteiger partial charge in [0, 0.05) is 38.1 Å². The summed E-state index contributed by atoms with van der Waals surface area (Å²) < 4.78 is 38.4. The fourth-order valence-corrected chi connectivity index (χ4v) is 3.04. The minimum atomic E-state index is -4.49. The standard InChI is InChI=1S/C19H22F3N5O/c1-13-4-3-5-15(14(13)2)24-17(28)12-26-8-10-27(11-9-26)18-23-7-6-16(25-18)19(20,21)22/h3-7H,8-12H2,1-2H3,(H,24,28). The highest BCUT2D eigenvalue weighted by atomic mass is 19.4. The molecule has 0 unspecified atom stereocenters. The van der Waals surface area contributed by atoms with E-state index in [0.29, 0.717) is 26.2 Å². The van der Waals surface area contributed by atoms with E-state index in [1.54, 1.807) is 4.90 Å². The number of amides is 1. The highest BCUT2D eigenvalue weighted by Crippen LogP contribution is 2.28. The van der Waals surface area contributed by atoms with Crippen LogP contribution in [0.4, 0.5) is 24.8 Å². The Labute approximate surface area is 161 Å². The average molecular weight is 393 g/mol. The van der Waals surface area contributed by atoms with Crippen molar-refractivity contribution in [3.63, 3.8) is 0 Å². The average Bonchev–Trinajstić information content (AvgIpc) is 2.65. The number of carbonyl (C=O) groups excluding carboxylic acids is 1. The van der Waals surface area contributed by atoms with Crippen molar-refractivity contribution in [3.05, 3.63) is 47.3 Å². The van der Waals surface area contributed by atoms with E-state index in [4.69, 9.17) is 0 Å². The van der Waals surface area contributed by atoms with Crippen LogP contribution in [0.25, 0.3) is 0 Å². The molecular formula is C19H22F3N5O. The fourth-order valence-electron chi connectivity index (χ4n) is 3.04. The van der Waals surface area contributed by atoms with Crippen LogP contribution in [0.2, 0.25) is 0 Å². The van der Waals surface area contributed by atoms with E-state index < -0.39 is 11.9 Å². The van der Waals surface area contributed by atoms with E-state index >= 15 is 0 Å². The van der Waals surface area contributed by atoms with Crippen molar-refractivity contribution in [2.75, 3.05) is 42.9 Å². The van der Waals surface area contributed by atoms with Crippen molar-refractivity contribution in [2.24, 2.45) is 0 Å². The molecular weight excluding hydrogens is 371 g/mol. The molecule has 1 aliphatic heterocycles. The van der Waals surface area contributed by atoms with Gasteiger partial charge in [0.05, 0.1) is 6.54 Å². The van der Waals surface area contributed by atoms with Crippen LogP contribution in [-0.4, -0.2) is 53.5 Å². The summed E-state index contributed by atoms with van der Waals surface area (Å²) in [5.41, 5.74) is 1.98. The zero-order valence-corrected chi connectivity index (χ0v) is 15.8. The maximum Gasteiger partial charge on any atom is 0.433 e. The van der Waals surface area contributed by atoms with Gasteiger partial charge >= 0.3 is 6.18 Å². The van der Waals surface area contributed by atoms with Crippen molar-refractivity contribution < 1.29 is 18.0 Å². The van der Waals surface area contributed by atoms with Gasteiger partial charge in [0.1, 0.15) is 5.69 Å². The molecule has 28 heavy (non-hydrogen) atoms. The molecule has 1 amide bonds. The third-order valence-corrected chi connectivity index (χ3v) is 4.83. The molecule has 2 aromatic rings. The summed E-state index contributed by atoms with van der Waals surface area (Å²) in [5.74, 6) is -0.0493. The van der Waals surface area contributed by atoms with E-state index in [0.717, 1.165) is 29.1 Å². The topological polar surface area (TPSA) is 61.4 Å². The minimum absolute atomic E-state index is 0.0642. The molecule has 1 fully saturated rings. The Balaban J connectivity index is 1.54. The largest absolute Gasteiger partial charge is 0.433 e. The lowest BCUT2D eigenvalue weighted by molar-refractivity contribution is -0.141. The molecule has 0 saturated carbocycles. The lowest BCUT2D eigenvalue weighted by Gasteiger charge is -2.34. The predicted molar refractivity (Wildman–Crippen MR) is 100 cm³/mol. The molecule has 0 radical (unpaired) electrons. The summed E-state index contributed by atoms with van der Waals surface area (Å²) in [6.45, 7) is 6.17. The first-order chi connectivity index (χ1) is 13.2. The lowest BCUT2D eigenvalue weighted by Crippen LogP contribution is -2.49. The second-order valence-electron chi connectivity index (χ2n) is 6.80. The van der Waals surface area contributed by atoms with E-state index in [-0.39, 0.29) is 18.4 Å². The summed E-state index contributed by atoms with van der Waals surface area (Å²) in [4.78, 5) is 23.6. The van der Waals surface area contributed by atoms with Crippen LogP contribution >= 0.6 is 0 Å². The number of nitrogens with one attached hydrogen (secondary N) is 1. The first-order valence-corrected chi connectivity index (χ1v) is 8.97. The number of benzene rings is 1. The lowest BCUT2D eigenvalue weighted by atomic mass is 10.1. The molecule has 2 heterocycles. The van der Waals surface area contributed by atoms with Gasteiger partial charge in [0.2, 0.25) is 11.9 Å². The molecule has 150 valence electrons. The summed E-state index contributed by atoms with van der Waals surface area (Å²) in [6, 6.07) is 6.60. The number of hydrogen-bond acceptors (Lipinski definition) is 5. The number of aryl methyl sites for hydroxylation is 1. The molecule has 6 nitrogen and oxygen atoms in total. The second kappa shape index (κ2) is 8.14. The molecule has 0 atom stereocenters. The third kappa shape index (κ3) is 4.78. The number of carbonyl (C=O) groups is 1. The van der Waals surface area contributed by atoms with Crippen LogP contribution in [0.1, 0.15) is 16.8 Å². The van der Waals surface area contributed by atoms with Crippen LogP contribution in [0, 0.1) is 13.8 Å². The van der Waals surface area contributed by atoms with Crippen LogP contribution in [0.5, 0.6) is 0 Å². The van der Waals surface area contributed by atoms with Crippen molar-refractivity contribution in [1.82, 2.24) is 14.9 Å². The molecule has 1 aliphatic rings. The molecule has 1 aromatic carbocycles. The van der Waals surface area contributed by atoms with E-state index in [1.165, 1.54) is 0 Å². The normalized spacial score (nSPS) is 15.5. The zero-order chi connectivity index (χ0) is 20.3.